The normalized spacial score (nSPS) is 20.9. The highest BCUT2D eigenvalue weighted by atomic mass is 32.1. The van der Waals surface area contributed by atoms with E-state index in [-0.39, 0.29) is 5.91 Å². The van der Waals surface area contributed by atoms with E-state index in [0.29, 0.717) is 11.4 Å². The predicted octanol–water partition coefficient (Wildman–Crippen LogP) is 3.61. The summed E-state index contributed by atoms with van der Waals surface area (Å²) in [7, 11) is 0. The zero-order chi connectivity index (χ0) is 18.5. The van der Waals surface area contributed by atoms with Crippen LogP contribution >= 0.6 is 11.3 Å². The van der Waals surface area contributed by atoms with Crippen LogP contribution in [0.5, 0.6) is 0 Å². The molecule has 1 fully saturated rings. The number of carbonyl (C=O) groups excluding carboxylic acids is 1. The van der Waals surface area contributed by atoms with Crippen molar-refractivity contribution < 1.29 is 4.79 Å². The van der Waals surface area contributed by atoms with Crippen molar-refractivity contribution in [3.63, 3.8) is 0 Å². The minimum atomic E-state index is -0.0254. The summed E-state index contributed by atoms with van der Waals surface area (Å²) in [5.74, 6) is 1.53. The van der Waals surface area contributed by atoms with E-state index in [1.165, 1.54) is 30.8 Å². The van der Waals surface area contributed by atoms with Crippen LogP contribution in [0.3, 0.4) is 0 Å². The molecular weight excluding hydrogens is 344 g/mol. The van der Waals surface area contributed by atoms with Gasteiger partial charge in [0.2, 0.25) is 0 Å². The summed E-state index contributed by atoms with van der Waals surface area (Å²) in [6.45, 7) is 10.7. The van der Waals surface area contributed by atoms with Gasteiger partial charge in [0.15, 0.2) is 0 Å². The van der Waals surface area contributed by atoms with E-state index in [1.807, 2.05) is 25.1 Å². The lowest BCUT2D eigenvalue weighted by Gasteiger charge is -2.34. The molecule has 140 valence electrons. The topological polar surface area (TPSA) is 58.1 Å². The molecule has 1 N–H and O–H groups in total. The third-order valence-corrected chi connectivity index (χ3v) is 5.95. The predicted molar refractivity (Wildman–Crippen MR) is 106 cm³/mol. The van der Waals surface area contributed by atoms with E-state index < -0.39 is 0 Å². The molecule has 1 aliphatic rings. The minimum Gasteiger partial charge on any atom is -0.351 e. The molecule has 3 heterocycles. The molecule has 26 heavy (non-hydrogen) atoms. The molecule has 1 saturated heterocycles. The number of thiazole rings is 1. The molecule has 2 aromatic heterocycles. The van der Waals surface area contributed by atoms with Crippen molar-refractivity contribution in [2.24, 2.45) is 11.8 Å². The summed E-state index contributed by atoms with van der Waals surface area (Å²) in [4.78, 5) is 24.5. The molecule has 0 saturated carbocycles. The SMILES string of the molecule is Cc1nc(-c2ccccn2)sc1C(=O)NCCCN1CC(C)CC(C)C1. The van der Waals surface area contributed by atoms with Crippen LogP contribution in [0.1, 0.15) is 42.1 Å². The van der Waals surface area contributed by atoms with Gasteiger partial charge in [0.25, 0.3) is 5.91 Å². The maximum atomic E-state index is 12.5. The molecule has 0 aromatic carbocycles. The van der Waals surface area contributed by atoms with Crippen molar-refractivity contribution in [2.45, 2.75) is 33.6 Å². The van der Waals surface area contributed by atoms with Crippen molar-refractivity contribution in [3.8, 4) is 10.7 Å². The lowest BCUT2D eigenvalue weighted by Crippen LogP contribution is -2.40. The van der Waals surface area contributed by atoms with Crippen molar-refractivity contribution in [1.29, 1.82) is 0 Å². The average molecular weight is 373 g/mol. The zero-order valence-electron chi connectivity index (χ0n) is 15.9. The van der Waals surface area contributed by atoms with Gasteiger partial charge in [0, 0.05) is 25.8 Å². The Bertz CT molecular complexity index is 721. The van der Waals surface area contributed by atoms with Crippen LogP contribution in [0, 0.1) is 18.8 Å². The minimum absolute atomic E-state index is 0.0254. The molecule has 0 bridgehead atoms. The van der Waals surface area contributed by atoms with Gasteiger partial charge in [0.05, 0.1) is 11.4 Å². The molecule has 5 nitrogen and oxygen atoms in total. The Morgan fingerprint density at radius 3 is 2.77 bits per heavy atom. The summed E-state index contributed by atoms with van der Waals surface area (Å²) in [5, 5.41) is 3.85. The maximum Gasteiger partial charge on any atom is 0.263 e. The fraction of sp³-hybridized carbons (Fsp3) is 0.550. The van der Waals surface area contributed by atoms with Gasteiger partial charge in [0.1, 0.15) is 9.88 Å². The van der Waals surface area contributed by atoms with Gasteiger partial charge in [-0.2, -0.15) is 0 Å². The molecule has 0 radical (unpaired) electrons. The largest absolute Gasteiger partial charge is 0.351 e. The number of carbonyl (C=O) groups is 1. The number of likely N-dealkylation sites (tertiary alicyclic amines) is 1. The van der Waals surface area contributed by atoms with Crippen molar-refractivity contribution in [3.05, 3.63) is 35.0 Å². The Kier molecular flexibility index (Phi) is 6.38. The van der Waals surface area contributed by atoms with E-state index in [1.54, 1.807) is 6.20 Å². The van der Waals surface area contributed by atoms with Crippen LogP contribution in [0.4, 0.5) is 0 Å². The standard InChI is InChI=1S/C20H28N4OS/c1-14-11-15(2)13-24(12-14)10-6-9-22-19(25)18-16(3)23-20(26-18)17-7-4-5-8-21-17/h4-5,7-8,14-15H,6,9-13H2,1-3H3,(H,22,25). The molecule has 2 unspecified atom stereocenters. The van der Waals surface area contributed by atoms with Crippen LogP contribution in [-0.4, -0.2) is 47.0 Å². The average Bonchev–Trinajstić information content (AvgIpc) is 3.00. The van der Waals surface area contributed by atoms with E-state index in [4.69, 9.17) is 0 Å². The summed E-state index contributed by atoms with van der Waals surface area (Å²) >= 11 is 1.41. The van der Waals surface area contributed by atoms with Crippen molar-refractivity contribution in [2.75, 3.05) is 26.2 Å². The molecule has 0 aliphatic carbocycles. The Morgan fingerprint density at radius 2 is 2.08 bits per heavy atom. The Hall–Kier alpha value is -1.79. The van der Waals surface area contributed by atoms with Gasteiger partial charge in [-0.15, -0.1) is 11.3 Å². The molecule has 2 aromatic rings. The molecule has 1 aliphatic heterocycles. The van der Waals surface area contributed by atoms with Gasteiger partial charge >= 0.3 is 0 Å². The lowest BCUT2D eigenvalue weighted by atomic mass is 9.92. The number of rotatable bonds is 6. The number of aryl methyl sites for hydroxylation is 1. The highest BCUT2D eigenvalue weighted by Crippen LogP contribution is 2.26. The van der Waals surface area contributed by atoms with E-state index in [2.05, 4.69) is 34.0 Å². The quantitative estimate of drug-likeness (QED) is 0.787. The number of aromatic nitrogens is 2. The summed E-state index contributed by atoms with van der Waals surface area (Å²) in [5.41, 5.74) is 1.58. The Labute approximate surface area is 159 Å². The summed E-state index contributed by atoms with van der Waals surface area (Å²) in [6.07, 6.45) is 4.06. The van der Waals surface area contributed by atoms with Gasteiger partial charge in [-0.1, -0.05) is 19.9 Å². The maximum absolute atomic E-state index is 12.5. The molecule has 3 rings (SSSR count). The lowest BCUT2D eigenvalue weighted by molar-refractivity contribution is 0.0950. The van der Waals surface area contributed by atoms with E-state index >= 15 is 0 Å². The third kappa shape index (κ3) is 4.89. The number of amides is 1. The molecule has 6 heteroatoms. The Balaban J connectivity index is 1.49. The molecule has 2 atom stereocenters. The van der Waals surface area contributed by atoms with Crippen LogP contribution in [-0.2, 0) is 0 Å². The van der Waals surface area contributed by atoms with Gasteiger partial charge in [-0.05, 0) is 50.3 Å². The fourth-order valence-electron chi connectivity index (χ4n) is 3.77. The third-order valence-electron chi connectivity index (χ3n) is 4.77. The first-order chi connectivity index (χ1) is 12.5. The molecule has 1 amide bonds. The summed E-state index contributed by atoms with van der Waals surface area (Å²) in [6, 6.07) is 5.73. The van der Waals surface area contributed by atoms with Crippen molar-refractivity contribution >= 4 is 17.2 Å². The van der Waals surface area contributed by atoms with E-state index in [0.717, 1.165) is 41.2 Å². The number of nitrogens with zero attached hydrogens (tertiary/aromatic N) is 3. The monoisotopic (exact) mass is 372 g/mol. The van der Waals surface area contributed by atoms with Crippen LogP contribution < -0.4 is 5.32 Å². The van der Waals surface area contributed by atoms with Gasteiger partial charge in [-0.3, -0.25) is 9.78 Å². The second-order valence-corrected chi connectivity index (χ2v) is 8.46. The number of piperidine rings is 1. The van der Waals surface area contributed by atoms with Gasteiger partial charge in [-0.25, -0.2) is 4.98 Å². The molecular formula is C20H28N4OS. The van der Waals surface area contributed by atoms with Crippen LogP contribution in [0.2, 0.25) is 0 Å². The van der Waals surface area contributed by atoms with Crippen LogP contribution in [0.15, 0.2) is 24.4 Å². The highest BCUT2D eigenvalue weighted by Gasteiger charge is 2.21. The first kappa shape index (κ1) is 19.0. The first-order valence-corrected chi connectivity index (χ1v) is 10.2. The summed E-state index contributed by atoms with van der Waals surface area (Å²) < 4.78 is 0. The Morgan fingerprint density at radius 1 is 1.31 bits per heavy atom. The second kappa shape index (κ2) is 8.73. The zero-order valence-corrected chi connectivity index (χ0v) is 16.7. The highest BCUT2D eigenvalue weighted by molar-refractivity contribution is 7.17. The van der Waals surface area contributed by atoms with Crippen molar-refractivity contribution in [1.82, 2.24) is 20.2 Å². The number of hydrogen-bond acceptors (Lipinski definition) is 5. The first-order valence-electron chi connectivity index (χ1n) is 9.42. The number of pyridine rings is 1. The second-order valence-electron chi connectivity index (χ2n) is 7.46. The van der Waals surface area contributed by atoms with Gasteiger partial charge < -0.3 is 10.2 Å². The number of hydrogen-bond donors (Lipinski definition) is 1. The molecule has 0 spiro atoms. The van der Waals surface area contributed by atoms with Crippen LogP contribution in [0.25, 0.3) is 10.7 Å². The smallest absolute Gasteiger partial charge is 0.263 e. The number of nitrogens with one attached hydrogen (secondary N) is 1. The van der Waals surface area contributed by atoms with E-state index in [9.17, 15) is 4.79 Å². The fourth-order valence-corrected chi connectivity index (χ4v) is 4.72.